The van der Waals surface area contributed by atoms with E-state index in [4.69, 9.17) is 21.4 Å². The van der Waals surface area contributed by atoms with Gasteiger partial charge in [0.05, 0.1) is 23.9 Å². The molecule has 2 atom stereocenters. The fourth-order valence-corrected chi connectivity index (χ4v) is 4.02. The Morgan fingerprint density at radius 2 is 2.03 bits per heavy atom. The fraction of sp³-hybridized carbons (Fsp3) is 0.227. The van der Waals surface area contributed by atoms with E-state index in [2.05, 4.69) is 10.3 Å². The zero-order valence-electron chi connectivity index (χ0n) is 16.3. The molecular weight excluding hydrogens is 402 g/mol. The van der Waals surface area contributed by atoms with Crippen molar-refractivity contribution in [2.24, 2.45) is 0 Å². The lowest BCUT2D eigenvalue weighted by Crippen LogP contribution is -2.32. The molecule has 8 heteroatoms. The van der Waals surface area contributed by atoms with Crippen LogP contribution >= 0.6 is 12.2 Å². The van der Waals surface area contributed by atoms with Gasteiger partial charge in [0, 0.05) is 25.4 Å². The maximum absolute atomic E-state index is 11.6. The number of nitrogens with one attached hydrogen (secondary N) is 1. The van der Waals surface area contributed by atoms with Crippen LogP contribution in [-0.4, -0.2) is 46.3 Å². The monoisotopic (exact) mass is 423 g/mol. The Morgan fingerprint density at radius 3 is 2.77 bits per heavy atom. The first-order valence-electron chi connectivity index (χ1n) is 9.49. The van der Waals surface area contributed by atoms with Crippen molar-refractivity contribution >= 4 is 23.3 Å². The van der Waals surface area contributed by atoms with Crippen LogP contribution in [0.1, 0.15) is 33.9 Å². The van der Waals surface area contributed by atoms with Crippen molar-refractivity contribution in [2.75, 3.05) is 20.3 Å². The Kier molecular flexibility index (Phi) is 5.78. The normalized spacial score (nSPS) is 18.4. The predicted molar refractivity (Wildman–Crippen MR) is 115 cm³/mol. The minimum absolute atomic E-state index is 0.191. The number of hydrogen-bond donors (Lipinski definition) is 2. The number of pyridine rings is 1. The van der Waals surface area contributed by atoms with Gasteiger partial charge >= 0.3 is 5.97 Å². The molecule has 1 aromatic carbocycles. The summed E-state index contributed by atoms with van der Waals surface area (Å²) in [5.74, 6) is 0.164. The number of aromatic nitrogens is 1. The van der Waals surface area contributed by atoms with Crippen LogP contribution in [0, 0.1) is 0 Å². The highest BCUT2D eigenvalue weighted by Crippen LogP contribution is 2.40. The second kappa shape index (κ2) is 8.64. The van der Waals surface area contributed by atoms with Crippen molar-refractivity contribution in [1.82, 2.24) is 15.2 Å². The maximum Gasteiger partial charge on any atom is 0.336 e. The first-order chi connectivity index (χ1) is 14.6. The summed E-state index contributed by atoms with van der Waals surface area (Å²) in [6.07, 6.45) is 1.74. The van der Waals surface area contributed by atoms with Gasteiger partial charge in [-0.1, -0.05) is 24.3 Å². The number of rotatable bonds is 7. The van der Waals surface area contributed by atoms with E-state index in [1.807, 2.05) is 29.2 Å². The first kappa shape index (κ1) is 20.1. The Morgan fingerprint density at radius 1 is 1.23 bits per heavy atom. The van der Waals surface area contributed by atoms with Crippen LogP contribution in [0.4, 0.5) is 0 Å². The molecule has 1 fully saturated rings. The molecule has 30 heavy (non-hydrogen) atoms. The Balaban J connectivity index is 1.74. The average Bonchev–Trinajstić information content (AvgIpc) is 3.37. The van der Waals surface area contributed by atoms with Crippen LogP contribution < -0.4 is 5.32 Å². The van der Waals surface area contributed by atoms with Crippen LogP contribution in [0.15, 0.2) is 65.2 Å². The number of furan rings is 1. The Labute approximate surface area is 179 Å². The van der Waals surface area contributed by atoms with Crippen molar-refractivity contribution in [1.29, 1.82) is 0 Å². The highest BCUT2D eigenvalue weighted by Gasteiger charge is 2.41. The number of carboxylic acid groups (broad SMARTS) is 1. The third kappa shape index (κ3) is 3.79. The second-order valence-electron chi connectivity index (χ2n) is 6.87. The molecule has 0 aliphatic carbocycles. The average molecular weight is 423 g/mol. The summed E-state index contributed by atoms with van der Waals surface area (Å²) in [4.78, 5) is 18.1. The van der Waals surface area contributed by atoms with E-state index in [0.29, 0.717) is 35.3 Å². The standard InChI is InChI=1S/C22H21N3O4S/c1-28-13-12-25-20(19(24-22(25)30)16-8-4-5-11-23-16)18-10-9-17(29-18)14-6-2-3-7-15(14)21(26)27/h2-11,19-20H,12-13H2,1H3,(H,24,30)(H,26,27)/t19-,20-/m0/s1. The molecule has 4 rings (SSSR count). The molecule has 0 spiro atoms. The zero-order chi connectivity index (χ0) is 21.1. The number of nitrogens with zero attached hydrogens (tertiary/aromatic N) is 2. The number of methoxy groups -OCH3 is 1. The number of hydrogen-bond acceptors (Lipinski definition) is 5. The second-order valence-corrected chi connectivity index (χ2v) is 7.25. The van der Waals surface area contributed by atoms with Gasteiger partial charge in [-0.15, -0.1) is 0 Å². The maximum atomic E-state index is 11.6. The molecule has 2 aromatic heterocycles. The van der Waals surface area contributed by atoms with Crippen molar-refractivity contribution < 1.29 is 19.1 Å². The Bertz CT molecular complexity index is 1050. The van der Waals surface area contributed by atoms with Crippen LogP contribution in [0.2, 0.25) is 0 Å². The number of carboxylic acids is 1. The van der Waals surface area contributed by atoms with E-state index in [9.17, 15) is 9.90 Å². The van der Waals surface area contributed by atoms with Crippen molar-refractivity contribution in [3.8, 4) is 11.3 Å². The van der Waals surface area contributed by atoms with E-state index in [0.717, 1.165) is 5.69 Å². The van der Waals surface area contributed by atoms with E-state index < -0.39 is 5.97 Å². The number of benzene rings is 1. The summed E-state index contributed by atoms with van der Waals surface area (Å²) in [6.45, 7) is 1.08. The minimum Gasteiger partial charge on any atom is -0.478 e. The molecule has 1 aliphatic rings. The topological polar surface area (TPSA) is 87.8 Å². The van der Waals surface area contributed by atoms with Gasteiger partial charge in [0.2, 0.25) is 0 Å². The lowest BCUT2D eigenvalue weighted by molar-refractivity contribution is 0.0697. The smallest absolute Gasteiger partial charge is 0.336 e. The summed E-state index contributed by atoms with van der Waals surface area (Å²) in [6, 6.07) is 15.7. The molecular formula is C22H21N3O4S. The summed E-state index contributed by atoms with van der Waals surface area (Å²) in [5, 5.41) is 13.4. The molecule has 1 aliphatic heterocycles. The molecule has 7 nitrogen and oxygen atoms in total. The van der Waals surface area contributed by atoms with E-state index in [1.165, 1.54) is 0 Å². The van der Waals surface area contributed by atoms with E-state index in [1.54, 1.807) is 43.6 Å². The van der Waals surface area contributed by atoms with Crippen LogP contribution in [0.3, 0.4) is 0 Å². The van der Waals surface area contributed by atoms with Gasteiger partial charge in [0.1, 0.15) is 17.6 Å². The highest BCUT2D eigenvalue weighted by molar-refractivity contribution is 7.80. The number of aromatic carboxylic acids is 1. The third-order valence-electron chi connectivity index (χ3n) is 5.08. The molecule has 3 aromatic rings. The molecule has 2 N–H and O–H groups in total. The largest absolute Gasteiger partial charge is 0.478 e. The molecule has 0 amide bonds. The van der Waals surface area contributed by atoms with Gasteiger partial charge in [0.25, 0.3) is 0 Å². The van der Waals surface area contributed by atoms with Gasteiger partial charge in [-0.25, -0.2) is 4.79 Å². The van der Waals surface area contributed by atoms with Gasteiger partial charge in [-0.3, -0.25) is 4.98 Å². The summed E-state index contributed by atoms with van der Waals surface area (Å²) >= 11 is 5.58. The SMILES string of the molecule is COCCN1C(=S)N[C@@H](c2ccccn2)[C@@H]1c1ccc(-c2ccccc2C(=O)O)o1. The predicted octanol–water partition coefficient (Wildman–Crippen LogP) is 3.66. The van der Waals surface area contributed by atoms with Gasteiger partial charge in [-0.05, 0) is 42.5 Å². The number of ether oxygens (including phenoxy) is 1. The van der Waals surface area contributed by atoms with Gasteiger partial charge < -0.3 is 24.5 Å². The van der Waals surface area contributed by atoms with E-state index in [-0.39, 0.29) is 17.6 Å². The summed E-state index contributed by atoms with van der Waals surface area (Å²) in [7, 11) is 1.64. The lowest BCUT2D eigenvalue weighted by Gasteiger charge is -2.25. The fourth-order valence-electron chi connectivity index (χ4n) is 3.69. The van der Waals surface area contributed by atoms with E-state index >= 15 is 0 Å². The van der Waals surface area contributed by atoms with Crippen LogP contribution in [0.5, 0.6) is 0 Å². The number of carbonyl (C=O) groups is 1. The molecule has 3 heterocycles. The zero-order valence-corrected chi connectivity index (χ0v) is 17.1. The van der Waals surface area contributed by atoms with Crippen LogP contribution in [-0.2, 0) is 4.74 Å². The van der Waals surface area contributed by atoms with Crippen molar-refractivity contribution in [3.05, 3.63) is 77.8 Å². The molecule has 0 unspecified atom stereocenters. The third-order valence-corrected chi connectivity index (χ3v) is 5.43. The Hall–Kier alpha value is -3.23. The minimum atomic E-state index is -1.000. The summed E-state index contributed by atoms with van der Waals surface area (Å²) < 4.78 is 11.4. The number of thiocarbonyl (C=S) groups is 1. The molecule has 0 radical (unpaired) electrons. The summed E-state index contributed by atoms with van der Waals surface area (Å²) in [5.41, 5.74) is 1.56. The molecule has 1 saturated heterocycles. The van der Waals surface area contributed by atoms with Gasteiger partial charge in [-0.2, -0.15) is 0 Å². The lowest BCUT2D eigenvalue weighted by atomic mass is 10.0. The van der Waals surface area contributed by atoms with Crippen molar-refractivity contribution in [3.63, 3.8) is 0 Å². The molecule has 0 saturated carbocycles. The van der Waals surface area contributed by atoms with Gasteiger partial charge in [0.15, 0.2) is 5.11 Å². The highest BCUT2D eigenvalue weighted by atomic mass is 32.1. The first-order valence-corrected chi connectivity index (χ1v) is 9.90. The molecule has 0 bridgehead atoms. The van der Waals surface area contributed by atoms with Crippen molar-refractivity contribution in [2.45, 2.75) is 12.1 Å². The molecule has 154 valence electrons. The van der Waals surface area contributed by atoms with Crippen LogP contribution in [0.25, 0.3) is 11.3 Å². The quantitative estimate of drug-likeness (QED) is 0.557.